The molecule has 0 amide bonds. The van der Waals surface area contributed by atoms with Gasteiger partial charge in [0.25, 0.3) is 0 Å². The van der Waals surface area contributed by atoms with Gasteiger partial charge in [-0.25, -0.2) is 9.13 Å². The number of unbranched alkanes of at least 4 members (excludes halogenated alkanes) is 28. The third-order valence-corrected chi connectivity index (χ3v) is 18.3. The Bertz CT molecular complexity index is 2410. The van der Waals surface area contributed by atoms with Crippen molar-refractivity contribution in [3.63, 3.8) is 0 Å². The van der Waals surface area contributed by atoms with Crippen LogP contribution in [0.4, 0.5) is 0 Å². The first kappa shape index (κ1) is 97.5. The Morgan fingerprint density at radius 2 is 0.510 bits per heavy atom. The number of carbonyl (C=O) groups excluding carboxylic acids is 4. The van der Waals surface area contributed by atoms with E-state index < -0.39 is 97.5 Å². The van der Waals surface area contributed by atoms with Crippen molar-refractivity contribution in [1.82, 2.24) is 0 Å². The van der Waals surface area contributed by atoms with E-state index >= 15 is 0 Å². The van der Waals surface area contributed by atoms with Crippen LogP contribution in [-0.2, 0) is 65.4 Å². The van der Waals surface area contributed by atoms with Crippen molar-refractivity contribution < 1.29 is 80.2 Å². The predicted molar refractivity (Wildman–Crippen MR) is 418 cm³/mol. The largest absolute Gasteiger partial charge is 0.472 e. The van der Waals surface area contributed by atoms with Crippen LogP contribution in [0.5, 0.6) is 0 Å². The van der Waals surface area contributed by atoms with Crippen molar-refractivity contribution in [2.24, 2.45) is 0 Å². The molecule has 0 radical (unpaired) electrons. The van der Waals surface area contributed by atoms with Gasteiger partial charge in [0.2, 0.25) is 0 Å². The van der Waals surface area contributed by atoms with Crippen molar-refractivity contribution in [1.29, 1.82) is 0 Å². The summed E-state index contributed by atoms with van der Waals surface area (Å²) in [6.07, 6.45) is 81.8. The molecular formula is C83H142O17P2. The number of rotatable bonds is 74. The van der Waals surface area contributed by atoms with E-state index in [-0.39, 0.29) is 25.7 Å². The molecule has 5 unspecified atom stereocenters. The highest BCUT2D eigenvalue weighted by Crippen LogP contribution is 2.45. The zero-order valence-corrected chi connectivity index (χ0v) is 65.8. The lowest BCUT2D eigenvalue weighted by Crippen LogP contribution is -2.30. The van der Waals surface area contributed by atoms with E-state index in [1.165, 1.54) is 70.6 Å². The van der Waals surface area contributed by atoms with Gasteiger partial charge in [-0.2, -0.15) is 0 Å². The smallest absolute Gasteiger partial charge is 0.462 e. The highest BCUT2D eigenvalue weighted by Gasteiger charge is 2.30. The van der Waals surface area contributed by atoms with Crippen molar-refractivity contribution in [3.8, 4) is 0 Å². The van der Waals surface area contributed by atoms with Gasteiger partial charge < -0.3 is 33.8 Å². The Labute approximate surface area is 619 Å². The summed E-state index contributed by atoms with van der Waals surface area (Å²) in [4.78, 5) is 73.0. The van der Waals surface area contributed by atoms with E-state index in [4.69, 9.17) is 37.0 Å². The first-order valence-corrected chi connectivity index (χ1v) is 42.8. The number of hydrogen-bond donors (Lipinski definition) is 3. The van der Waals surface area contributed by atoms with E-state index in [0.717, 1.165) is 167 Å². The molecule has 0 aromatic heterocycles. The molecule has 3 N–H and O–H groups in total. The number of carbonyl (C=O) groups is 4. The fraction of sp³-hybridized carbons (Fsp3) is 0.711. The molecule has 17 nitrogen and oxygen atoms in total. The zero-order chi connectivity index (χ0) is 74.6. The van der Waals surface area contributed by atoms with Crippen LogP contribution in [0, 0.1) is 0 Å². The Morgan fingerprint density at radius 1 is 0.284 bits per heavy atom. The van der Waals surface area contributed by atoms with Crippen LogP contribution in [0.25, 0.3) is 0 Å². The second-order valence-electron chi connectivity index (χ2n) is 26.2. The summed E-state index contributed by atoms with van der Waals surface area (Å²) in [5, 5.41) is 10.6. The second kappa shape index (κ2) is 74.7. The Balaban J connectivity index is 5.39. The minimum absolute atomic E-state index is 0.0377. The summed E-state index contributed by atoms with van der Waals surface area (Å²) in [7, 11) is -9.98. The number of ether oxygens (including phenoxy) is 4. The summed E-state index contributed by atoms with van der Waals surface area (Å²) in [6.45, 7) is 4.56. The normalized spacial score (nSPS) is 14.5. The molecule has 0 aromatic carbocycles. The van der Waals surface area contributed by atoms with E-state index in [1.54, 1.807) is 0 Å². The fourth-order valence-electron chi connectivity index (χ4n) is 10.4. The fourth-order valence-corrected chi connectivity index (χ4v) is 12.0. The Hall–Kier alpha value is -4.54. The third-order valence-electron chi connectivity index (χ3n) is 16.4. The van der Waals surface area contributed by atoms with Crippen LogP contribution in [0.1, 0.15) is 323 Å². The molecule has 5 atom stereocenters. The van der Waals surface area contributed by atoms with Gasteiger partial charge >= 0.3 is 39.5 Å². The summed E-state index contributed by atoms with van der Waals surface area (Å²) < 4.78 is 68.5. The van der Waals surface area contributed by atoms with Crippen LogP contribution in [-0.4, -0.2) is 96.7 Å². The quantitative estimate of drug-likeness (QED) is 0.0169. The van der Waals surface area contributed by atoms with Crippen molar-refractivity contribution in [2.75, 3.05) is 39.6 Å². The van der Waals surface area contributed by atoms with Crippen molar-refractivity contribution in [2.45, 2.75) is 341 Å². The molecule has 0 aromatic rings. The van der Waals surface area contributed by atoms with Gasteiger partial charge in [-0.3, -0.25) is 37.3 Å². The first-order chi connectivity index (χ1) is 49.7. The number of aliphatic hydroxyl groups excluding tert-OH is 1. The Kier molecular flexibility index (Phi) is 71.4. The van der Waals surface area contributed by atoms with E-state index in [2.05, 4.69) is 149 Å². The molecule has 0 aliphatic heterocycles. The number of allylic oxidation sites excluding steroid dienone is 20. The lowest BCUT2D eigenvalue weighted by Gasteiger charge is -2.21. The van der Waals surface area contributed by atoms with Gasteiger partial charge in [-0.1, -0.05) is 284 Å². The molecule has 0 rings (SSSR count). The molecule has 102 heavy (non-hydrogen) atoms. The lowest BCUT2D eigenvalue weighted by molar-refractivity contribution is -0.161. The van der Waals surface area contributed by atoms with Crippen LogP contribution in [0.3, 0.4) is 0 Å². The van der Waals surface area contributed by atoms with Gasteiger partial charge in [0, 0.05) is 25.7 Å². The molecule has 0 saturated carbocycles. The highest BCUT2D eigenvalue weighted by molar-refractivity contribution is 7.47. The van der Waals surface area contributed by atoms with Crippen LogP contribution >= 0.6 is 15.6 Å². The standard InChI is InChI=1S/C83H142O17P2/c1-5-9-13-17-21-25-29-33-36-37-38-39-42-45-48-52-56-60-64-68-81(86)94-74-79(100-83(88)70-66-62-58-54-50-46-41-35-31-27-23-19-15-11-7-3)76-98-102(91,92)96-72-77(84)71-95-101(89,90)97-75-78(99-82(87)69-65-61-57-53-49-43-32-28-24-20-16-12-8-4)73-93-80(85)67-63-59-55-51-47-44-40-34-30-26-22-18-14-10-6-2/h10-11,14-15,21-23,25-27,33-36,38-41,50,54,77-79,84H,5-9,12-13,16-20,24,28-32,37,42-49,51-53,55-76H2,1-4H3,(H,89,90)(H,91,92)/b14-10-,15-11-,25-21-,26-22-,27-23-,36-33-,39-38-,40-34-,41-35-,54-50-. The monoisotopic (exact) mass is 1470 g/mol. The zero-order valence-electron chi connectivity index (χ0n) is 64.0. The number of hydrogen-bond acceptors (Lipinski definition) is 15. The van der Waals surface area contributed by atoms with Crippen LogP contribution < -0.4 is 0 Å². The molecule has 0 fully saturated rings. The molecule has 0 saturated heterocycles. The minimum Gasteiger partial charge on any atom is -0.462 e. The molecule has 0 bridgehead atoms. The third kappa shape index (κ3) is 73.8. The van der Waals surface area contributed by atoms with Gasteiger partial charge in [0.05, 0.1) is 26.4 Å². The summed E-state index contributed by atoms with van der Waals surface area (Å²) >= 11 is 0. The maximum absolute atomic E-state index is 13.1. The molecule has 586 valence electrons. The van der Waals surface area contributed by atoms with Crippen LogP contribution in [0.2, 0.25) is 0 Å². The second-order valence-corrected chi connectivity index (χ2v) is 29.2. The predicted octanol–water partition coefficient (Wildman–Crippen LogP) is 23.1. The van der Waals surface area contributed by atoms with Gasteiger partial charge in [0.1, 0.15) is 19.3 Å². The van der Waals surface area contributed by atoms with Crippen molar-refractivity contribution >= 4 is 39.5 Å². The van der Waals surface area contributed by atoms with Gasteiger partial charge in [0.15, 0.2) is 12.2 Å². The molecule has 0 aliphatic rings. The van der Waals surface area contributed by atoms with Crippen molar-refractivity contribution in [3.05, 3.63) is 122 Å². The Morgan fingerprint density at radius 3 is 0.824 bits per heavy atom. The average molecular weight is 1470 g/mol. The summed E-state index contributed by atoms with van der Waals surface area (Å²) in [5.74, 6) is -2.25. The van der Waals surface area contributed by atoms with Crippen LogP contribution in [0.15, 0.2) is 122 Å². The summed E-state index contributed by atoms with van der Waals surface area (Å²) in [6, 6.07) is 0. The SMILES string of the molecule is CC/C=C\C/C=C\C/C=C\C/C=C\CCCCC(=O)OC(COC(=O)CCCCCCCC/C=C\C/C=C\C/C=C\CCCCC)COP(=O)(O)OCC(O)COP(=O)(O)OCC(COC(=O)CCCCCCC/C=C\C/C=C\C/C=C\CC)OC(=O)CCCCCCCCCCCCCCC. The first-order valence-electron chi connectivity index (χ1n) is 39.8. The number of phosphoric acid groups is 2. The van der Waals surface area contributed by atoms with E-state index in [9.17, 15) is 43.2 Å². The number of esters is 4. The molecule has 0 aliphatic carbocycles. The maximum atomic E-state index is 13.1. The van der Waals surface area contributed by atoms with Gasteiger partial charge in [-0.15, -0.1) is 0 Å². The summed E-state index contributed by atoms with van der Waals surface area (Å²) in [5.41, 5.74) is 0. The average Bonchev–Trinajstić information content (AvgIpc) is 0.907. The van der Waals surface area contributed by atoms with E-state index in [1.807, 2.05) is 0 Å². The molecule has 19 heteroatoms. The van der Waals surface area contributed by atoms with Gasteiger partial charge in [-0.05, 0) is 135 Å². The molecule has 0 heterocycles. The number of aliphatic hydroxyl groups is 1. The number of phosphoric ester groups is 2. The minimum atomic E-state index is -4.99. The van der Waals surface area contributed by atoms with E-state index in [0.29, 0.717) is 32.1 Å². The molecule has 0 spiro atoms. The molecular weight excluding hydrogens is 1330 g/mol. The lowest BCUT2D eigenvalue weighted by atomic mass is 10.0. The highest BCUT2D eigenvalue weighted by atomic mass is 31.2. The topological polar surface area (TPSA) is 237 Å². The maximum Gasteiger partial charge on any atom is 0.472 e.